The van der Waals surface area contributed by atoms with Gasteiger partial charge in [-0.1, -0.05) is 64.5 Å². The lowest BCUT2D eigenvalue weighted by Gasteiger charge is -2.18. The maximum absolute atomic E-state index is 5.36. The maximum atomic E-state index is 5.36. The summed E-state index contributed by atoms with van der Waals surface area (Å²) in [6.45, 7) is 0.734. The molecule has 1 unspecified atom stereocenters. The zero-order valence-electron chi connectivity index (χ0n) is 10.5. The fraction of sp³-hybridized carbons (Fsp3) is 0.250. The zero-order valence-corrected chi connectivity index (χ0v) is 12.1. The molecule has 1 atom stereocenters. The van der Waals surface area contributed by atoms with Crippen LogP contribution in [0.2, 0.25) is 0 Å². The molecule has 0 aromatic heterocycles. The number of hydrogen-bond acceptors (Lipinski definition) is 1. The van der Waals surface area contributed by atoms with E-state index in [1.165, 1.54) is 11.1 Å². The Morgan fingerprint density at radius 1 is 1.00 bits per heavy atom. The number of methoxy groups -OCH3 is 1. The van der Waals surface area contributed by atoms with Crippen molar-refractivity contribution in [2.45, 2.75) is 12.3 Å². The summed E-state index contributed by atoms with van der Waals surface area (Å²) >= 11 is 3.62. The first-order valence-electron chi connectivity index (χ1n) is 6.08. The number of benzene rings is 2. The number of ether oxygens (including phenoxy) is 1. The highest BCUT2D eigenvalue weighted by molar-refractivity contribution is 9.10. The summed E-state index contributed by atoms with van der Waals surface area (Å²) in [5, 5.41) is 0. The molecule has 0 fully saturated rings. The van der Waals surface area contributed by atoms with E-state index in [-0.39, 0.29) is 0 Å². The molecule has 0 aliphatic heterocycles. The highest BCUT2D eigenvalue weighted by Crippen LogP contribution is 2.28. The Kier molecular flexibility index (Phi) is 4.97. The van der Waals surface area contributed by atoms with Gasteiger partial charge in [0.1, 0.15) is 0 Å². The minimum Gasteiger partial charge on any atom is -0.384 e. The molecule has 0 aliphatic carbocycles. The number of hydrogen-bond donors (Lipinski definition) is 0. The Labute approximate surface area is 117 Å². The highest BCUT2D eigenvalue weighted by Gasteiger charge is 2.14. The van der Waals surface area contributed by atoms with Crippen molar-refractivity contribution >= 4 is 15.9 Å². The van der Waals surface area contributed by atoms with Crippen LogP contribution in [0.25, 0.3) is 0 Å². The third-order valence-electron chi connectivity index (χ3n) is 3.04. The standard InChI is InChI=1S/C16H17BrO/c1-18-12-14(11-13-7-3-2-4-8-13)15-9-5-6-10-16(15)17/h2-10,14H,11-12H2,1H3. The summed E-state index contributed by atoms with van der Waals surface area (Å²) in [5.41, 5.74) is 2.65. The van der Waals surface area contributed by atoms with Crippen LogP contribution < -0.4 is 0 Å². The van der Waals surface area contributed by atoms with Gasteiger partial charge < -0.3 is 4.74 Å². The van der Waals surface area contributed by atoms with Crippen LogP contribution in [-0.2, 0) is 11.2 Å². The van der Waals surface area contributed by atoms with Crippen LogP contribution in [0.3, 0.4) is 0 Å². The number of halogens is 1. The minimum absolute atomic E-state index is 0.382. The fourth-order valence-electron chi connectivity index (χ4n) is 2.16. The van der Waals surface area contributed by atoms with Gasteiger partial charge in [-0.25, -0.2) is 0 Å². The van der Waals surface area contributed by atoms with Crippen molar-refractivity contribution in [1.82, 2.24) is 0 Å². The first-order chi connectivity index (χ1) is 8.81. The van der Waals surface area contributed by atoms with Gasteiger partial charge in [0.2, 0.25) is 0 Å². The molecule has 0 saturated heterocycles. The van der Waals surface area contributed by atoms with E-state index in [9.17, 15) is 0 Å². The molecule has 2 heteroatoms. The van der Waals surface area contributed by atoms with Crippen LogP contribution in [0.5, 0.6) is 0 Å². The third kappa shape index (κ3) is 3.44. The van der Waals surface area contributed by atoms with E-state index in [1.807, 2.05) is 12.1 Å². The molecule has 2 aromatic rings. The van der Waals surface area contributed by atoms with Crippen molar-refractivity contribution < 1.29 is 4.74 Å². The van der Waals surface area contributed by atoms with Gasteiger partial charge in [0.05, 0.1) is 6.61 Å². The molecule has 0 heterocycles. The third-order valence-corrected chi connectivity index (χ3v) is 3.76. The van der Waals surface area contributed by atoms with E-state index in [0.29, 0.717) is 5.92 Å². The summed E-state index contributed by atoms with van der Waals surface area (Å²) in [7, 11) is 1.76. The van der Waals surface area contributed by atoms with Gasteiger partial charge in [-0.3, -0.25) is 0 Å². The van der Waals surface area contributed by atoms with Gasteiger partial charge in [0.25, 0.3) is 0 Å². The molecule has 0 amide bonds. The Morgan fingerprint density at radius 3 is 2.33 bits per heavy atom. The second-order valence-corrected chi connectivity index (χ2v) is 5.22. The minimum atomic E-state index is 0.382. The molecule has 1 nitrogen and oxygen atoms in total. The van der Waals surface area contributed by atoms with Crippen molar-refractivity contribution in [2.24, 2.45) is 0 Å². The SMILES string of the molecule is COCC(Cc1ccccc1)c1ccccc1Br. The van der Waals surface area contributed by atoms with Gasteiger partial charge in [0, 0.05) is 17.5 Å². The van der Waals surface area contributed by atoms with Gasteiger partial charge in [-0.05, 0) is 23.6 Å². The zero-order chi connectivity index (χ0) is 12.8. The lowest BCUT2D eigenvalue weighted by atomic mass is 9.93. The molecular weight excluding hydrogens is 288 g/mol. The topological polar surface area (TPSA) is 9.23 Å². The van der Waals surface area contributed by atoms with Crippen LogP contribution in [-0.4, -0.2) is 13.7 Å². The summed E-state index contributed by atoms with van der Waals surface area (Å²) < 4.78 is 6.52. The molecule has 0 saturated carbocycles. The maximum Gasteiger partial charge on any atom is 0.0534 e. The first kappa shape index (κ1) is 13.3. The highest BCUT2D eigenvalue weighted by atomic mass is 79.9. The average Bonchev–Trinajstić information content (AvgIpc) is 2.40. The predicted molar refractivity (Wildman–Crippen MR) is 78.9 cm³/mol. The summed E-state index contributed by atoms with van der Waals surface area (Å²) in [4.78, 5) is 0. The molecular formula is C16H17BrO. The van der Waals surface area contributed by atoms with E-state index in [1.54, 1.807) is 7.11 Å². The van der Waals surface area contributed by atoms with Crippen molar-refractivity contribution in [2.75, 3.05) is 13.7 Å². The van der Waals surface area contributed by atoms with Crippen molar-refractivity contribution in [3.8, 4) is 0 Å². The van der Waals surface area contributed by atoms with Crippen molar-refractivity contribution in [1.29, 1.82) is 0 Å². The van der Waals surface area contributed by atoms with Crippen LogP contribution in [0.15, 0.2) is 59.1 Å². The van der Waals surface area contributed by atoms with Crippen LogP contribution in [0.1, 0.15) is 17.0 Å². The van der Waals surface area contributed by atoms with E-state index in [0.717, 1.165) is 17.5 Å². The number of rotatable bonds is 5. The molecule has 2 aromatic carbocycles. The largest absolute Gasteiger partial charge is 0.384 e. The lowest BCUT2D eigenvalue weighted by molar-refractivity contribution is 0.178. The lowest BCUT2D eigenvalue weighted by Crippen LogP contribution is -2.10. The Balaban J connectivity index is 2.21. The quantitative estimate of drug-likeness (QED) is 0.794. The van der Waals surface area contributed by atoms with Crippen LogP contribution in [0, 0.1) is 0 Å². The summed E-state index contributed by atoms with van der Waals surface area (Å²) in [6, 6.07) is 18.9. The van der Waals surface area contributed by atoms with Crippen molar-refractivity contribution in [3.05, 3.63) is 70.2 Å². The molecule has 94 valence electrons. The van der Waals surface area contributed by atoms with Crippen LogP contribution in [0.4, 0.5) is 0 Å². The smallest absolute Gasteiger partial charge is 0.0534 e. The summed E-state index contributed by atoms with van der Waals surface area (Å²) in [5.74, 6) is 0.382. The molecule has 18 heavy (non-hydrogen) atoms. The van der Waals surface area contributed by atoms with E-state index in [2.05, 4.69) is 58.4 Å². The van der Waals surface area contributed by atoms with E-state index < -0.39 is 0 Å². The Hall–Kier alpha value is -1.12. The fourth-order valence-corrected chi connectivity index (χ4v) is 2.77. The molecule has 2 rings (SSSR count). The van der Waals surface area contributed by atoms with Crippen LogP contribution >= 0.6 is 15.9 Å². The second-order valence-electron chi connectivity index (χ2n) is 4.36. The first-order valence-corrected chi connectivity index (χ1v) is 6.88. The average molecular weight is 305 g/mol. The van der Waals surface area contributed by atoms with Gasteiger partial charge in [0.15, 0.2) is 0 Å². The normalized spacial score (nSPS) is 12.3. The molecule has 0 N–H and O–H groups in total. The monoisotopic (exact) mass is 304 g/mol. The predicted octanol–water partition coefficient (Wildman–Crippen LogP) is 4.42. The van der Waals surface area contributed by atoms with E-state index in [4.69, 9.17) is 4.74 Å². The Bertz CT molecular complexity index is 481. The second kappa shape index (κ2) is 6.72. The molecule has 0 bridgehead atoms. The van der Waals surface area contributed by atoms with Gasteiger partial charge in [-0.15, -0.1) is 0 Å². The summed E-state index contributed by atoms with van der Waals surface area (Å²) in [6.07, 6.45) is 0.997. The molecule has 0 aliphatic rings. The molecule has 0 radical (unpaired) electrons. The van der Waals surface area contributed by atoms with Gasteiger partial charge >= 0.3 is 0 Å². The van der Waals surface area contributed by atoms with Gasteiger partial charge in [-0.2, -0.15) is 0 Å². The van der Waals surface area contributed by atoms with Crippen molar-refractivity contribution in [3.63, 3.8) is 0 Å². The molecule has 0 spiro atoms. The van der Waals surface area contributed by atoms with E-state index >= 15 is 0 Å². The Morgan fingerprint density at radius 2 is 1.67 bits per heavy atom.